The van der Waals surface area contributed by atoms with Gasteiger partial charge in [0.25, 0.3) is 10.1 Å². The second kappa shape index (κ2) is 19.0. The lowest BCUT2D eigenvalue weighted by atomic mass is 9.42. The molecular weight excluding hydrogens is 807 g/mol. The van der Waals surface area contributed by atoms with E-state index in [-0.39, 0.29) is 30.8 Å². The molecule has 362 valence electrons. The Kier molecular flexibility index (Phi) is 14.7. The lowest BCUT2D eigenvalue weighted by molar-refractivity contribution is -0.174. The van der Waals surface area contributed by atoms with Gasteiger partial charge in [-0.2, -0.15) is 8.42 Å². The van der Waals surface area contributed by atoms with Gasteiger partial charge in [-0.05, 0) is 208 Å². The lowest BCUT2D eigenvalue weighted by Gasteiger charge is -2.63. The van der Waals surface area contributed by atoms with Gasteiger partial charge in [-0.25, -0.2) is 0 Å². The van der Waals surface area contributed by atoms with Crippen LogP contribution < -0.4 is 5.32 Å². The van der Waals surface area contributed by atoms with Gasteiger partial charge in [-0.15, -0.1) is 0 Å². The van der Waals surface area contributed by atoms with E-state index in [1.165, 1.54) is 109 Å². The molecule has 0 saturated heterocycles. The summed E-state index contributed by atoms with van der Waals surface area (Å²) in [6.07, 6.45) is 28.8. The molecule has 8 fully saturated rings. The largest absolute Gasteiger partial charge is 0.393 e. The molecule has 9 heteroatoms. The zero-order valence-corrected chi connectivity index (χ0v) is 41.6. The van der Waals surface area contributed by atoms with Crippen LogP contribution in [0.15, 0.2) is 0 Å². The first-order valence-electron chi connectivity index (χ1n) is 27.0. The molecular formula is C54H93NO7S. The highest BCUT2D eigenvalue weighted by Gasteiger charge is 2.64. The Labute approximate surface area is 384 Å². The number of aliphatic hydroxyl groups is 3. The van der Waals surface area contributed by atoms with Crippen LogP contribution in [0.1, 0.15) is 202 Å². The number of carbonyl (C=O) groups excluding carboxylic acids is 1. The molecule has 5 unspecified atom stereocenters. The Morgan fingerprint density at radius 2 is 1.10 bits per heavy atom. The average Bonchev–Trinajstić information content (AvgIpc) is 3.77. The van der Waals surface area contributed by atoms with Crippen molar-refractivity contribution in [3.63, 3.8) is 0 Å². The fraction of sp³-hybridized carbons (Fsp3) is 0.981. The second-order valence-electron chi connectivity index (χ2n) is 25.6. The molecule has 63 heavy (non-hydrogen) atoms. The van der Waals surface area contributed by atoms with Crippen molar-refractivity contribution in [3.8, 4) is 0 Å². The first-order chi connectivity index (χ1) is 29.8. The van der Waals surface area contributed by atoms with Crippen molar-refractivity contribution in [2.24, 2.45) is 98.6 Å². The van der Waals surface area contributed by atoms with Crippen molar-refractivity contribution in [2.75, 3.05) is 12.3 Å². The zero-order valence-electron chi connectivity index (χ0n) is 40.8. The molecule has 8 saturated carbocycles. The average molecular weight is 900 g/mol. The number of unbranched alkanes of at least 4 members (excludes halogenated alkanes) is 4. The van der Waals surface area contributed by atoms with Crippen LogP contribution in [-0.4, -0.2) is 64.8 Å². The highest BCUT2D eigenvalue weighted by molar-refractivity contribution is 7.85. The molecule has 0 radical (unpaired) electrons. The van der Waals surface area contributed by atoms with E-state index in [0.717, 1.165) is 80.5 Å². The maximum absolute atomic E-state index is 12.6. The standard InChI is InChI=1S/C54H93NO7S/c1-34(41-16-18-44-50-46(23-27-54(41,44)6)52(4)25-21-40(57)32-38(52)33-47(50)58)12-10-8-7-9-11-13-36-30-37-31-39(56)20-24-51(37,3)45-22-26-53(5)42(15-17-43(53)49(36)45)35(2)14-19-48(59)55-28-29-63(60,61)62/h34-47,49-50,56-58H,7-33H2,1-6H3,(H,55,59)(H,60,61,62)/t34-,35+,36?,37?,38?,39+,40-,41-,42+,43?,44?,45-,46+,47+,49-,50+,51-,52+,53+,54-/m1/s1. The van der Waals surface area contributed by atoms with Crippen molar-refractivity contribution in [1.82, 2.24) is 5.32 Å². The Hall–Kier alpha value is -0.740. The summed E-state index contributed by atoms with van der Waals surface area (Å²) in [7, 11) is -4.08. The van der Waals surface area contributed by atoms with Crippen molar-refractivity contribution < 1.29 is 33.1 Å². The number of hydrogen-bond donors (Lipinski definition) is 5. The van der Waals surface area contributed by atoms with Crippen LogP contribution in [0, 0.1) is 98.6 Å². The molecule has 0 aromatic carbocycles. The first kappa shape index (κ1) is 48.7. The minimum atomic E-state index is -4.08. The Bertz CT molecular complexity index is 1690. The highest BCUT2D eigenvalue weighted by Crippen LogP contribution is 2.71. The van der Waals surface area contributed by atoms with E-state index in [0.29, 0.717) is 69.5 Å². The molecule has 8 aliphatic rings. The van der Waals surface area contributed by atoms with Crippen molar-refractivity contribution >= 4 is 16.0 Å². The number of amides is 1. The van der Waals surface area contributed by atoms with Crippen molar-refractivity contribution in [2.45, 2.75) is 220 Å². The van der Waals surface area contributed by atoms with Crippen molar-refractivity contribution in [1.29, 1.82) is 0 Å². The molecule has 8 rings (SSSR count). The van der Waals surface area contributed by atoms with Gasteiger partial charge in [0, 0.05) is 13.0 Å². The molecule has 0 aromatic heterocycles. The highest BCUT2D eigenvalue weighted by atomic mass is 32.2. The van der Waals surface area contributed by atoms with Crippen molar-refractivity contribution in [3.05, 3.63) is 0 Å². The molecule has 0 spiro atoms. The summed E-state index contributed by atoms with van der Waals surface area (Å²) in [5.41, 5.74) is 1.29. The van der Waals surface area contributed by atoms with E-state index in [2.05, 4.69) is 46.9 Å². The summed E-state index contributed by atoms with van der Waals surface area (Å²) in [5.74, 6) is 7.87. The molecule has 0 aliphatic heterocycles. The fourth-order valence-electron chi connectivity index (χ4n) is 19.4. The van der Waals surface area contributed by atoms with Gasteiger partial charge in [0.05, 0.1) is 24.1 Å². The van der Waals surface area contributed by atoms with Crippen LogP contribution in [-0.2, 0) is 14.9 Å². The van der Waals surface area contributed by atoms with Crippen LogP contribution in [0.3, 0.4) is 0 Å². The number of fused-ring (bicyclic) bond motifs is 10. The number of aliphatic hydroxyl groups excluding tert-OH is 3. The maximum Gasteiger partial charge on any atom is 0.266 e. The third kappa shape index (κ3) is 9.40. The molecule has 20 atom stereocenters. The normalized spacial score (nSPS) is 47.8. The minimum absolute atomic E-state index is 0.0433. The van der Waals surface area contributed by atoms with Gasteiger partial charge >= 0.3 is 0 Å². The van der Waals surface area contributed by atoms with Crippen LogP contribution in [0.4, 0.5) is 0 Å². The summed E-state index contributed by atoms with van der Waals surface area (Å²) in [5, 5.41) is 35.8. The number of carbonyl (C=O) groups is 1. The summed E-state index contributed by atoms with van der Waals surface area (Å²) < 4.78 is 31.3. The molecule has 1 amide bonds. The maximum atomic E-state index is 12.6. The van der Waals surface area contributed by atoms with Gasteiger partial charge in [0.15, 0.2) is 0 Å². The molecule has 0 bridgehead atoms. The van der Waals surface area contributed by atoms with Gasteiger partial charge in [-0.1, -0.05) is 86.5 Å². The quantitative estimate of drug-likeness (QED) is 0.0766. The van der Waals surface area contributed by atoms with E-state index in [1.54, 1.807) is 0 Å². The topological polar surface area (TPSA) is 144 Å². The fourth-order valence-corrected chi connectivity index (χ4v) is 19.8. The summed E-state index contributed by atoms with van der Waals surface area (Å²) in [6, 6.07) is 0. The molecule has 0 aromatic rings. The first-order valence-corrected chi connectivity index (χ1v) is 28.7. The number of rotatable bonds is 16. The Morgan fingerprint density at radius 3 is 1.70 bits per heavy atom. The SMILES string of the molecule is C[C@H](CCCCCCCC1CC2C[C@@H](O)CC[C@@]2(C)[C@@H]2CC[C@]3(C)C(CC[C@H]3[C@@H](C)CCC(=O)NCCS(=O)(=O)O)[C@@H]12)[C@H]1CCC2[C@@H]3[C@@H](O)CC4C[C@H](O)CC[C@]4(C)[C@H]3CC[C@@]21C. The smallest absolute Gasteiger partial charge is 0.266 e. The predicted molar refractivity (Wildman–Crippen MR) is 252 cm³/mol. The van der Waals surface area contributed by atoms with E-state index >= 15 is 0 Å². The van der Waals surface area contributed by atoms with E-state index in [9.17, 15) is 28.5 Å². The van der Waals surface area contributed by atoms with Crippen LogP contribution in [0.5, 0.6) is 0 Å². The van der Waals surface area contributed by atoms with Gasteiger partial charge in [0.2, 0.25) is 5.91 Å². The van der Waals surface area contributed by atoms with Crippen LogP contribution >= 0.6 is 0 Å². The minimum Gasteiger partial charge on any atom is -0.393 e. The second-order valence-corrected chi connectivity index (χ2v) is 27.1. The summed E-state index contributed by atoms with van der Waals surface area (Å²) in [4.78, 5) is 12.6. The predicted octanol–water partition coefficient (Wildman–Crippen LogP) is 11.0. The van der Waals surface area contributed by atoms with E-state index in [4.69, 9.17) is 4.55 Å². The van der Waals surface area contributed by atoms with E-state index < -0.39 is 15.9 Å². The molecule has 5 N–H and O–H groups in total. The van der Waals surface area contributed by atoms with Crippen LogP contribution in [0.25, 0.3) is 0 Å². The Balaban J connectivity index is 0.825. The third-order valence-electron chi connectivity index (χ3n) is 22.7. The van der Waals surface area contributed by atoms with Gasteiger partial charge < -0.3 is 20.6 Å². The zero-order chi connectivity index (χ0) is 45.1. The van der Waals surface area contributed by atoms with Gasteiger partial charge in [-0.3, -0.25) is 9.35 Å². The third-order valence-corrected chi connectivity index (χ3v) is 23.5. The van der Waals surface area contributed by atoms with E-state index in [1.807, 2.05) is 0 Å². The lowest BCUT2D eigenvalue weighted by Crippen LogP contribution is -2.58. The molecule has 0 heterocycles. The summed E-state index contributed by atoms with van der Waals surface area (Å²) >= 11 is 0. The monoisotopic (exact) mass is 900 g/mol. The van der Waals surface area contributed by atoms with Gasteiger partial charge in [0.1, 0.15) is 0 Å². The molecule has 8 aliphatic carbocycles. The number of hydrogen-bond acceptors (Lipinski definition) is 6. The molecule has 8 nitrogen and oxygen atoms in total. The summed E-state index contributed by atoms with van der Waals surface area (Å²) in [6.45, 7) is 15.3. The van der Waals surface area contributed by atoms with Crippen LogP contribution in [0.2, 0.25) is 0 Å². The Morgan fingerprint density at radius 1 is 0.603 bits per heavy atom. The number of nitrogens with one attached hydrogen (secondary N) is 1.